The van der Waals surface area contributed by atoms with Crippen LogP contribution in [-0.4, -0.2) is 18.7 Å². The predicted octanol–water partition coefficient (Wildman–Crippen LogP) is -0.152. The molecule has 6 heteroatoms. The van der Waals surface area contributed by atoms with Crippen LogP contribution in [0.15, 0.2) is 9.59 Å². The van der Waals surface area contributed by atoms with Gasteiger partial charge in [-0.15, -0.1) is 0 Å². The van der Waals surface area contributed by atoms with Gasteiger partial charge in [0.25, 0.3) is 5.56 Å². The van der Waals surface area contributed by atoms with E-state index in [0.29, 0.717) is 17.1 Å². The van der Waals surface area contributed by atoms with Gasteiger partial charge in [-0.05, 0) is 12.8 Å². The summed E-state index contributed by atoms with van der Waals surface area (Å²) >= 11 is 0. The van der Waals surface area contributed by atoms with E-state index in [-0.39, 0.29) is 11.2 Å². The molecule has 1 aliphatic carbocycles. The fourth-order valence-corrected chi connectivity index (χ4v) is 2.24. The lowest BCUT2D eigenvalue weighted by Gasteiger charge is -2.03. The molecule has 0 N–H and O–H groups in total. The third-order valence-electron chi connectivity index (χ3n) is 3.45. The zero-order valence-corrected chi connectivity index (χ0v) is 10.1. The van der Waals surface area contributed by atoms with Crippen LogP contribution in [0.2, 0.25) is 0 Å². The van der Waals surface area contributed by atoms with Crippen molar-refractivity contribution in [1.29, 1.82) is 0 Å². The molecule has 1 fully saturated rings. The van der Waals surface area contributed by atoms with E-state index in [1.54, 1.807) is 7.05 Å². The van der Waals surface area contributed by atoms with Gasteiger partial charge in [-0.25, -0.2) is 9.78 Å². The molecule has 1 saturated carbocycles. The van der Waals surface area contributed by atoms with Gasteiger partial charge in [0.05, 0.1) is 0 Å². The SMILES string of the molecule is Cn1c(=O)c2c(nc(C3CC3)n2C)n(C)c1=O. The maximum atomic E-state index is 12.1. The molecular weight excluding hydrogens is 220 g/mol. The minimum atomic E-state index is -0.331. The van der Waals surface area contributed by atoms with Crippen molar-refractivity contribution in [2.24, 2.45) is 21.1 Å². The average molecular weight is 234 g/mol. The first-order valence-electron chi connectivity index (χ1n) is 5.64. The lowest BCUT2D eigenvalue weighted by atomic mass is 10.4. The van der Waals surface area contributed by atoms with Gasteiger partial charge in [-0.3, -0.25) is 13.9 Å². The van der Waals surface area contributed by atoms with Gasteiger partial charge < -0.3 is 4.57 Å². The lowest BCUT2D eigenvalue weighted by molar-refractivity contribution is 0.705. The van der Waals surface area contributed by atoms with E-state index in [0.717, 1.165) is 23.2 Å². The van der Waals surface area contributed by atoms with Crippen LogP contribution in [0.3, 0.4) is 0 Å². The summed E-state index contributed by atoms with van der Waals surface area (Å²) in [5.74, 6) is 1.37. The fourth-order valence-electron chi connectivity index (χ4n) is 2.24. The van der Waals surface area contributed by atoms with Crippen LogP contribution in [0.25, 0.3) is 11.2 Å². The summed E-state index contributed by atoms with van der Waals surface area (Å²) in [6.07, 6.45) is 2.23. The van der Waals surface area contributed by atoms with E-state index < -0.39 is 0 Å². The lowest BCUT2D eigenvalue weighted by Crippen LogP contribution is -2.37. The first-order valence-corrected chi connectivity index (χ1v) is 5.64. The van der Waals surface area contributed by atoms with E-state index in [1.807, 2.05) is 11.6 Å². The van der Waals surface area contributed by atoms with E-state index in [1.165, 1.54) is 11.6 Å². The van der Waals surface area contributed by atoms with E-state index >= 15 is 0 Å². The first-order chi connectivity index (χ1) is 8.02. The monoisotopic (exact) mass is 234 g/mol. The Morgan fingerprint density at radius 2 is 1.71 bits per heavy atom. The molecule has 0 bridgehead atoms. The zero-order chi connectivity index (χ0) is 12.3. The van der Waals surface area contributed by atoms with Gasteiger partial charge in [0.2, 0.25) is 0 Å². The van der Waals surface area contributed by atoms with Gasteiger partial charge in [0.15, 0.2) is 11.2 Å². The standard InChI is InChI=1S/C11H14N4O2/c1-13-7-9(12-8(13)6-4-5-6)14(2)11(17)15(3)10(7)16/h6H,4-5H2,1-3H3. The molecule has 2 aromatic rings. The molecule has 3 rings (SSSR count). The molecule has 0 atom stereocenters. The molecule has 0 spiro atoms. The maximum absolute atomic E-state index is 12.1. The third-order valence-corrected chi connectivity index (χ3v) is 3.45. The van der Waals surface area contributed by atoms with Crippen molar-refractivity contribution in [1.82, 2.24) is 18.7 Å². The summed E-state index contributed by atoms with van der Waals surface area (Å²) in [6.45, 7) is 0. The van der Waals surface area contributed by atoms with Gasteiger partial charge in [-0.1, -0.05) is 0 Å². The van der Waals surface area contributed by atoms with Gasteiger partial charge in [-0.2, -0.15) is 0 Å². The molecule has 2 heterocycles. The average Bonchev–Trinajstić information content (AvgIpc) is 3.08. The highest BCUT2D eigenvalue weighted by Crippen LogP contribution is 2.39. The molecule has 1 aliphatic rings. The maximum Gasteiger partial charge on any atom is 0.332 e. The Morgan fingerprint density at radius 1 is 1.06 bits per heavy atom. The number of hydrogen-bond donors (Lipinski definition) is 0. The van der Waals surface area contributed by atoms with Crippen LogP contribution in [-0.2, 0) is 21.1 Å². The highest BCUT2D eigenvalue weighted by atomic mass is 16.2. The fraction of sp³-hybridized carbons (Fsp3) is 0.545. The van der Waals surface area contributed by atoms with Crippen LogP contribution >= 0.6 is 0 Å². The number of imidazole rings is 1. The Bertz CT molecular complexity index is 730. The van der Waals surface area contributed by atoms with Gasteiger partial charge >= 0.3 is 5.69 Å². The number of hydrogen-bond acceptors (Lipinski definition) is 3. The first kappa shape index (κ1) is 10.3. The Morgan fingerprint density at radius 3 is 2.29 bits per heavy atom. The molecule has 0 saturated heterocycles. The Balaban J connectivity index is 2.53. The summed E-state index contributed by atoms with van der Waals surface area (Å²) < 4.78 is 4.39. The third kappa shape index (κ3) is 1.23. The van der Waals surface area contributed by atoms with Crippen LogP contribution in [0, 0.1) is 0 Å². The molecule has 0 aromatic carbocycles. The summed E-state index contributed by atoms with van der Waals surface area (Å²) in [5.41, 5.74) is 0.395. The number of aromatic nitrogens is 4. The van der Waals surface area contributed by atoms with E-state index in [9.17, 15) is 9.59 Å². The van der Waals surface area contributed by atoms with Crippen LogP contribution in [0.1, 0.15) is 24.6 Å². The van der Waals surface area contributed by atoms with Crippen molar-refractivity contribution in [3.63, 3.8) is 0 Å². The molecule has 6 nitrogen and oxygen atoms in total. The number of aryl methyl sites for hydroxylation is 2. The minimum absolute atomic E-state index is 0.273. The summed E-state index contributed by atoms with van der Waals surface area (Å²) in [4.78, 5) is 28.3. The molecule has 90 valence electrons. The summed E-state index contributed by atoms with van der Waals surface area (Å²) in [5, 5.41) is 0. The Hall–Kier alpha value is -1.85. The van der Waals surface area contributed by atoms with Crippen LogP contribution in [0.5, 0.6) is 0 Å². The number of rotatable bonds is 1. The highest BCUT2D eigenvalue weighted by molar-refractivity contribution is 5.71. The molecule has 0 unspecified atom stereocenters. The van der Waals surface area contributed by atoms with Crippen molar-refractivity contribution >= 4 is 11.2 Å². The number of nitrogens with zero attached hydrogens (tertiary/aromatic N) is 4. The molecular formula is C11H14N4O2. The molecule has 0 amide bonds. The summed E-state index contributed by atoms with van der Waals surface area (Å²) in [6, 6.07) is 0. The van der Waals surface area contributed by atoms with Gasteiger partial charge in [0, 0.05) is 27.1 Å². The highest BCUT2D eigenvalue weighted by Gasteiger charge is 2.30. The zero-order valence-electron chi connectivity index (χ0n) is 10.1. The quantitative estimate of drug-likeness (QED) is 0.689. The molecule has 0 aliphatic heterocycles. The smallest absolute Gasteiger partial charge is 0.325 e. The van der Waals surface area contributed by atoms with Gasteiger partial charge in [0.1, 0.15) is 5.82 Å². The van der Waals surface area contributed by atoms with E-state index in [2.05, 4.69) is 4.98 Å². The van der Waals surface area contributed by atoms with Crippen molar-refractivity contribution < 1.29 is 0 Å². The largest absolute Gasteiger partial charge is 0.332 e. The summed E-state index contributed by atoms with van der Waals surface area (Å²) in [7, 11) is 4.98. The van der Waals surface area contributed by atoms with Crippen molar-refractivity contribution in [2.45, 2.75) is 18.8 Å². The Kier molecular flexibility index (Phi) is 1.87. The number of fused-ring (bicyclic) bond motifs is 1. The molecule has 2 aromatic heterocycles. The normalized spacial score (nSPS) is 15.7. The van der Waals surface area contributed by atoms with Crippen molar-refractivity contribution in [3.8, 4) is 0 Å². The second kappa shape index (κ2) is 3.09. The van der Waals surface area contributed by atoms with E-state index in [4.69, 9.17) is 0 Å². The topological polar surface area (TPSA) is 61.8 Å². The second-order valence-corrected chi connectivity index (χ2v) is 4.68. The van der Waals surface area contributed by atoms with Crippen molar-refractivity contribution in [2.75, 3.05) is 0 Å². The van der Waals surface area contributed by atoms with Crippen LogP contribution in [0.4, 0.5) is 0 Å². The Labute approximate surface area is 97.1 Å². The molecule has 17 heavy (non-hydrogen) atoms. The van der Waals surface area contributed by atoms with Crippen LogP contribution < -0.4 is 11.2 Å². The van der Waals surface area contributed by atoms with Crippen molar-refractivity contribution in [3.05, 3.63) is 26.7 Å². The predicted molar refractivity (Wildman–Crippen MR) is 63.2 cm³/mol. The molecule has 0 radical (unpaired) electrons. The minimum Gasteiger partial charge on any atom is -0.325 e. The second-order valence-electron chi connectivity index (χ2n) is 4.68.